The van der Waals surface area contributed by atoms with Crippen LogP contribution in [0.5, 0.6) is 5.75 Å². The van der Waals surface area contributed by atoms with Crippen molar-refractivity contribution in [2.45, 2.75) is 52.2 Å². The molecule has 0 amide bonds. The lowest BCUT2D eigenvalue weighted by molar-refractivity contribution is 0.0694. The number of fused-ring (bicyclic) bond motifs is 1. The lowest BCUT2D eigenvalue weighted by Crippen LogP contribution is -2.45. The van der Waals surface area contributed by atoms with Gasteiger partial charge in [0.05, 0.1) is 6.04 Å². The quantitative estimate of drug-likeness (QED) is 0.661. The van der Waals surface area contributed by atoms with E-state index in [1.54, 1.807) is 0 Å². The van der Waals surface area contributed by atoms with Gasteiger partial charge in [-0.25, -0.2) is 0 Å². The predicted molar refractivity (Wildman–Crippen MR) is 92.5 cm³/mol. The third kappa shape index (κ3) is 4.39. The average molecular weight is 303 g/mol. The molecule has 4 heteroatoms. The maximum atomic E-state index is 6.08. The van der Waals surface area contributed by atoms with Crippen molar-refractivity contribution >= 4 is 5.96 Å². The van der Waals surface area contributed by atoms with E-state index in [2.05, 4.69) is 55.5 Å². The highest BCUT2D eigenvalue weighted by Crippen LogP contribution is 2.39. The zero-order valence-corrected chi connectivity index (χ0v) is 14.4. The molecular weight excluding hydrogens is 274 g/mol. The Balaban J connectivity index is 2.07. The topological polar surface area (TPSA) is 45.7 Å². The molecule has 4 nitrogen and oxygen atoms in total. The molecule has 0 fully saturated rings. The van der Waals surface area contributed by atoms with Gasteiger partial charge >= 0.3 is 0 Å². The molecule has 0 spiro atoms. The van der Waals surface area contributed by atoms with E-state index in [4.69, 9.17) is 4.74 Å². The minimum atomic E-state index is -0.178. The zero-order valence-electron chi connectivity index (χ0n) is 14.4. The normalized spacial score (nSPS) is 20.3. The smallest absolute Gasteiger partial charge is 0.191 e. The van der Waals surface area contributed by atoms with Crippen LogP contribution in [0.4, 0.5) is 0 Å². The molecule has 1 aliphatic heterocycles. The number of nitrogens with one attached hydrogen (secondary N) is 2. The van der Waals surface area contributed by atoms with Crippen LogP contribution in [-0.4, -0.2) is 25.2 Å². The van der Waals surface area contributed by atoms with Crippen LogP contribution in [0.15, 0.2) is 29.3 Å². The summed E-state index contributed by atoms with van der Waals surface area (Å²) in [6.07, 6.45) is 2.05. The van der Waals surface area contributed by atoms with Gasteiger partial charge in [-0.15, -0.1) is 0 Å². The van der Waals surface area contributed by atoms with Crippen molar-refractivity contribution in [1.29, 1.82) is 0 Å². The first-order valence-corrected chi connectivity index (χ1v) is 8.16. The first-order chi connectivity index (χ1) is 10.4. The van der Waals surface area contributed by atoms with Crippen LogP contribution in [0.2, 0.25) is 0 Å². The number of ether oxygens (including phenoxy) is 1. The Morgan fingerprint density at radius 3 is 2.77 bits per heavy atom. The molecule has 0 aliphatic carbocycles. The van der Waals surface area contributed by atoms with Crippen LogP contribution in [0, 0.1) is 5.92 Å². The number of rotatable bonds is 4. The summed E-state index contributed by atoms with van der Waals surface area (Å²) in [5, 5.41) is 6.95. The number of benzene rings is 1. The number of aliphatic imine (C=N–C) groups is 1. The molecule has 1 aromatic carbocycles. The minimum Gasteiger partial charge on any atom is -0.487 e. The number of hydrogen-bond acceptors (Lipinski definition) is 2. The van der Waals surface area contributed by atoms with Crippen molar-refractivity contribution in [3.8, 4) is 5.75 Å². The molecule has 0 aromatic heterocycles. The molecule has 0 bridgehead atoms. The highest BCUT2D eigenvalue weighted by molar-refractivity contribution is 5.80. The van der Waals surface area contributed by atoms with E-state index in [0.717, 1.165) is 31.1 Å². The van der Waals surface area contributed by atoms with E-state index < -0.39 is 0 Å². The van der Waals surface area contributed by atoms with E-state index in [9.17, 15) is 0 Å². The lowest BCUT2D eigenvalue weighted by atomic mass is 9.90. The lowest BCUT2D eigenvalue weighted by Gasteiger charge is -2.38. The summed E-state index contributed by atoms with van der Waals surface area (Å²) >= 11 is 0. The Hall–Kier alpha value is -1.71. The molecular formula is C18H29N3O. The highest BCUT2D eigenvalue weighted by Gasteiger charge is 2.33. The van der Waals surface area contributed by atoms with Crippen molar-refractivity contribution in [2.75, 3.05) is 13.6 Å². The van der Waals surface area contributed by atoms with Crippen molar-refractivity contribution < 1.29 is 4.74 Å². The SMILES string of the molecule is CN=C(NCCC(C)C)NC1CC(C)(C)Oc2ccccc21. The third-order valence-electron chi connectivity index (χ3n) is 3.93. The number of para-hydroxylation sites is 1. The second-order valence-corrected chi connectivity index (χ2v) is 6.98. The molecule has 1 aromatic rings. The highest BCUT2D eigenvalue weighted by atomic mass is 16.5. The van der Waals surface area contributed by atoms with Gasteiger partial charge in [0.15, 0.2) is 5.96 Å². The van der Waals surface area contributed by atoms with Crippen LogP contribution >= 0.6 is 0 Å². The molecule has 1 aliphatic rings. The summed E-state index contributed by atoms with van der Waals surface area (Å²) in [4.78, 5) is 4.35. The molecule has 1 unspecified atom stereocenters. The van der Waals surface area contributed by atoms with Gasteiger partial charge in [0.25, 0.3) is 0 Å². The molecule has 1 atom stereocenters. The van der Waals surface area contributed by atoms with E-state index >= 15 is 0 Å². The van der Waals surface area contributed by atoms with E-state index in [1.807, 2.05) is 19.2 Å². The summed E-state index contributed by atoms with van der Waals surface area (Å²) in [7, 11) is 1.82. The predicted octanol–water partition coefficient (Wildman–Crippen LogP) is 3.50. The monoisotopic (exact) mass is 303 g/mol. The van der Waals surface area contributed by atoms with Gasteiger partial charge in [0.1, 0.15) is 11.4 Å². The second kappa shape index (κ2) is 7.03. The van der Waals surface area contributed by atoms with Crippen molar-refractivity contribution in [1.82, 2.24) is 10.6 Å². The molecule has 2 N–H and O–H groups in total. The molecule has 122 valence electrons. The number of hydrogen-bond donors (Lipinski definition) is 2. The Morgan fingerprint density at radius 1 is 1.36 bits per heavy atom. The van der Waals surface area contributed by atoms with Gasteiger partial charge in [-0.3, -0.25) is 4.99 Å². The Labute approximate surface area is 134 Å². The maximum Gasteiger partial charge on any atom is 0.191 e. The van der Waals surface area contributed by atoms with Gasteiger partial charge in [0, 0.05) is 25.6 Å². The molecule has 0 saturated carbocycles. The number of guanidine groups is 1. The fourth-order valence-electron chi connectivity index (χ4n) is 2.77. The number of nitrogens with zero attached hydrogens (tertiary/aromatic N) is 1. The van der Waals surface area contributed by atoms with Crippen LogP contribution in [-0.2, 0) is 0 Å². The van der Waals surface area contributed by atoms with Crippen LogP contribution in [0.3, 0.4) is 0 Å². The van der Waals surface area contributed by atoms with Gasteiger partial charge in [-0.1, -0.05) is 32.0 Å². The van der Waals surface area contributed by atoms with Gasteiger partial charge < -0.3 is 15.4 Å². The van der Waals surface area contributed by atoms with E-state index in [0.29, 0.717) is 5.92 Å². The minimum absolute atomic E-state index is 0.178. The van der Waals surface area contributed by atoms with Crippen LogP contribution < -0.4 is 15.4 Å². The molecule has 1 heterocycles. The first kappa shape index (κ1) is 16.7. The fraction of sp³-hybridized carbons (Fsp3) is 0.611. The summed E-state index contributed by atoms with van der Waals surface area (Å²) < 4.78 is 6.08. The van der Waals surface area contributed by atoms with Crippen molar-refractivity contribution in [3.63, 3.8) is 0 Å². The third-order valence-corrected chi connectivity index (χ3v) is 3.93. The Morgan fingerprint density at radius 2 is 2.09 bits per heavy atom. The maximum absolute atomic E-state index is 6.08. The second-order valence-electron chi connectivity index (χ2n) is 6.98. The van der Waals surface area contributed by atoms with Gasteiger partial charge in [-0.05, 0) is 32.3 Å². The van der Waals surface area contributed by atoms with Crippen LogP contribution in [0.1, 0.15) is 52.1 Å². The van der Waals surface area contributed by atoms with E-state index in [-0.39, 0.29) is 11.6 Å². The molecule has 2 rings (SSSR count). The Bertz CT molecular complexity index is 523. The average Bonchev–Trinajstić information content (AvgIpc) is 2.44. The first-order valence-electron chi connectivity index (χ1n) is 8.16. The summed E-state index contributed by atoms with van der Waals surface area (Å²) in [6.45, 7) is 9.66. The molecule has 0 saturated heterocycles. The molecule has 0 radical (unpaired) electrons. The summed E-state index contributed by atoms with van der Waals surface area (Å²) in [6, 6.07) is 8.46. The largest absolute Gasteiger partial charge is 0.487 e. The van der Waals surface area contributed by atoms with Crippen molar-refractivity contribution in [2.24, 2.45) is 10.9 Å². The van der Waals surface area contributed by atoms with Crippen LogP contribution in [0.25, 0.3) is 0 Å². The standard InChI is InChI=1S/C18H29N3O/c1-13(2)10-11-20-17(19-5)21-15-12-18(3,4)22-16-9-7-6-8-14(15)16/h6-9,13,15H,10-12H2,1-5H3,(H2,19,20,21). The van der Waals surface area contributed by atoms with Crippen molar-refractivity contribution in [3.05, 3.63) is 29.8 Å². The fourth-order valence-corrected chi connectivity index (χ4v) is 2.77. The summed E-state index contributed by atoms with van der Waals surface area (Å²) in [5.41, 5.74) is 1.02. The van der Waals surface area contributed by atoms with E-state index in [1.165, 1.54) is 5.56 Å². The van der Waals surface area contributed by atoms with Gasteiger partial charge in [-0.2, -0.15) is 0 Å². The Kier molecular flexibility index (Phi) is 5.33. The molecule has 22 heavy (non-hydrogen) atoms. The zero-order chi connectivity index (χ0) is 16.2. The summed E-state index contributed by atoms with van der Waals surface area (Å²) in [5.74, 6) is 2.51. The van der Waals surface area contributed by atoms with Gasteiger partial charge in [0.2, 0.25) is 0 Å².